The van der Waals surface area contributed by atoms with Crippen LogP contribution in [0, 0.1) is 6.92 Å². The smallest absolute Gasteiger partial charge is 0.217 e. The summed E-state index contributed by atoms with van der Waals surface area (Å²) in [6.07, 6.45) is 3.29. The molecule has 110 valence electrons. The summed E-state index contributed by atoms with van der Waals surface area (Å²) >= 11 is 0. The van der Waals surface area contributed by atoms with Crippen LogP contribution in [0.5, 0.6) is 0 Å². The molecule has 1 amide bonds. The molecule has 1 aliphatic rings. The molecule has 0 aromatic carbocycles. The predicted molar refractivity (Wildman–Crippen MR) is 78.1 cm³/mol. The van der Waals surface area contributed by atoms with Gasteiger partial charge in [-0.3, -0.25) is 9.69 Å². The summed E-state index contributed by atoms with van der Waals surface area (Å²) in [5, 5.41) is 0. The Morgan fingerprint density at radius 3 is 2.90 bits per heavy atom. The minimum Gasteiger partial charge on any atom is -0.370 e. The largest absolute Gasteiger partial charge is 0.370 e. The highest BCUT2D eigenvalue weighted by molar-refractivity contribution is 5.73. The lowest BCUT2D eigenvalue weighted by molar-refractivity contribution is -0.118. The van der Waals surface area contributed by atoms with E-state index in [-0.39, 0.29) is 5.91 Å². The lowest BCUT2D eigenvalue weighted by Crippen LogP contribution is -2.31. The monoisotopic (exact) mass is 276 g/mol. The van der Waals surface area contributed by atoms with Gasteiger partial charge in [0.05, 0.1) is 11.7 Å². The van der Waals surface area contributed by atoms with Gasteiger partial charge >= 0.3 is 0 Å². The van der Waals surface area contributed by atoms with Crippen LogP contribution in [0.1, 0.15) is 56.4 Å². The Hall–Kier alpha value is -1.49. The van der Waals surface area contributed by atoms with E-state index in [9.17, 15) is 4.79 Å². The SMILES string of the molecule is Cc1nc(CCC(N)=O)cc([C@H]2CCCN2C(C)C)n1. The third-order valence-electron chi connectivity index (χ3n) is 3.84. The summed E-state index contributed by atoms with van der Waals surface area (Å²) < 4.78 is 0. The molecule has 1 saturated heterocycles. The highest BCUT2D eigenvalue weighted by atomic mass is 16.1. The predicted octanol–water partition coefficient (Wildman–Crippen LogP) is 1.75. The van der Waals surface area contributed by atoms with Gasteiger partial charge in [0, 0.05) is 18.2 Å². The summed E-state index contributed by atoms with van der Waals surface area (Å²) in [6, 6.07) is 2.94. The number of rotatable bonds is 5. The van der Waals surface area contributed by atoms with Gasteiger partial charge in [0.2, 0.25) is 5.91 Å². The molecule has 5 heteroatoms. The van der Waals surface area contributed by atoms with Crippen molar-refractivity contribution < 1.29 is 4.79 Å². The second-order valence-corrected chi connectivity index (χ2v) is 5.79. The Labute approximate surface area is 120 Å². The molecule has 1 aliphatic heterocycles. The van der Waals surface area contributed by atoms with Crippen molar-refractivity contribution in [2.24, 2.45) is 5.73 Å². The number of aromatic nitrogens is 2. The van der Waals surface area contributed by atoms with Gasteiger partial charge in [0.15, 0.2) is 0 Å². The van der Waals surface area contributed by atoms with Gasteiger partial charge in [-0.2, -0.15) is 0 Å². The first-order chi connectivity index (χ1) is 9.47. The molecular formula is C15H24N4O. The molecule has 2 heterocycles. The van der Waals surface area contributed by atoms with E-state index >= 15 is 0 Å². The Morgan fingerprint density at radius 1 is 1.50 bits per heavy atom. The zero-order valence-corrected chi connectivity index (χ0v) is 12.6. The van der Waals surface area contributed by atoms with Crippen LogP contribution in [-0.4, -0.2) is 33.4 Å². The maximum Gasteiger partial charge on any atom is 0.217 e. The third kappa shape index (κ3) is 3.54. The Morgan fingerprint density at radius 2 is 2.25 bits per heavy atom. The minimum absolute atomic E-state index is 0.285. The zero-order valence-electron chi connectivity index (χ0n) is 12.6. The normalized spacial score (nSPS) is 19.7. The van der Waals surface area contributed by atoms with E-state index in [1.54, 1.807) is 0 Å². The molecule has 2 rings (SSSR count). The first-order valence-electron chi connectivity index (χ1n) is 7.36. The zero-order chi connectivity index (χ0) is 14.7. The van der Waals surface area contributed by atoms with Gasteiger partial charge in [0.1, 0.15) is 5.82 Å². The number of likely N-dealkylation sites (tertiary alicyclic amines) is 1. The van der Waals surface area contributed by atoms with E-state index in [4.69, 9.17) is 5.73 Å². The second-order valence-electron chi connectivity index (χ2n) is 5.79. The van der Waals surface area contributed by atoms with Crippen LogP contribution < -0.4 is 5.73 Å². The summed E-state index contributed by atoms with van der Waals surface area (Å²) in [5.74, 6) is 0.491. The average molecular weight is 276 g/mol. The van der Waals surface area contributed by atoms with Crippen molar-refractivity contribution in [2.45, 2.75) is 58.5 Å². The molecule has 1 aromatic heterocycles. The van der Waals surface area contributed by atoms with E-state index in [1.807, 2.05) is 13.0 Å². The Bertz CT molecular complexity index is 487. The van der Waals surface area contributed by atoms with Crippen molar-refractivity contribution in [3.63, 3.8) is 0 Å². The van der Waals surface area contributed by atoms with Gasteiger partial charge < -0.3 is 5.73 Å². The van der Waals surface area contributed by atoms with E-state index < -0.39 is 0 Å². The molecule has 0 radical (unpaired) electrons. The van der Waals surface area contributed by atoms with E-state index in [1.165, 1.54) is 6.42 Å². The van der Waals surface area contributed by atoms with Crippen LogP contribution in [0.25, 0.3) is 0 Å². The molecule has 0 spiro atoms. The molecule has 2 N–H and O–H groups in total. The number of hydrogen-bond acceptors (Lipinski definition) is 4. The lowest BCUT2D eigenvalue weighted by atomic mass is 10.1. The highest BCUT2D eigenvalue weighted by Crippen LogP contribution is 2.32. The summed E-state index contributed by atoms with van der Waals surface area (Å²) in [4.78, 5) is 22.4. The van der Waals surface area contributed by atoms with Gasteiger partial charge in [-0.1, -0.05) is 0 Å². The molecule has 5 nitrogen and oxygen atoms in total. The fourth-order valence-corrected chi connectivity index (χ4v) is 2.93. The van der Waals surface area contributed by atoms with Gasteiger partial charge in [0.25, 0.3) is 0 Å². The number of primary amides is 1. The minimum atomic E-state index is -0.285. The first kappa shape index (κ1) is 14.9. The molecule has 1 fully saturated rings. The molecular weight excluding hydrogens is 252 g/mol. The van der Waals surface area contributed by atoms with Crippen LogP contribution in [0.3, 0.4) is 0 Å². The maximum atomic E-state index is 10.9. The Balaban J connectivity index is 2.20. The van der Waals surface area contributed by atoms with Crippen molar-refractivity contribution in [3.8, 4) is 0 Å². The summed E-state index contributed by atoms with van der Waals surface area (Å²) in [6.45, 7) is 7.48. The average Bonchev–Trinajstić information content (AvgIpc) is 2.85. The summed E-state index contributed by atoms with van der Waals surface area (Å²) in [5.41, 5.74) is 7.21. The lowest BCUT2D eigenvalue weighted by Gasteiger charge is -2.28. The molecule has 0 bridgehead atoms. The first-order valence-corrected chi connectivity index (χ1v) is 7.36. The van der Waals surface area contributed by atoms with Crippen LogP contribution in [0.2, 0.25) is 0 Å². The van der Waals surface area contributed by atoms with Gasteiger partial charge in [-0.05, 0) is 52.6 Å². The highest BCUT2D eigenvalue weighted by Gasteiger charge is 2.29. The van der Waals surface area contributed by atoms with Crippen LogP contribution in [0.15, 0.2) is 6.07 Å². The van der Waals surface area contributed by atoms with Gasteiger partial charge in [-0.15, -0.1) is 0 Å². The maximum absolute atomic E-state index is 10.9. The standard InChI is InChI=1S/C15H24N4O/c1-10(2)19-8-4-5-14(19)13-9-12(6-7-15(16)20)17-11(3)18-13/h9-10,14H,4-8H2,1-3H3,(H2,16,20)/t14-/m1/s1. The molecule has 1 atom stereocenters. The van der Waals surface area contributed by atoms with Crippen LogP contribution >= 0.6 is 0 Å². The quantitative estimate of drug-likeness (QED) is 0.889. The number of amides is 1. The number of carbonyl (C=O) groups excluding carboxylic acids is 1. The van der Waals surface area contributed by atoms with Crippen molar-refractivity contribution in [1.82, 2.24) is 14.9 Å². The van der Waals surface area contributed by atoms with E-state index in [0.717, 1.165) is 30.2 Å². The molecule has 0 aliphatic carbocycles. The number of aryl methyl sites for hydroxylation is 2. The number of carbonyl (C=O) groups is 1. The van der Waals surface area contributed by atoms with Gasteiger partial charge in [-0.25, -0.2) is 9.97 Å². The summed E-state index contributed by atoms with van der Waals surface area (Å²) in [7, 11) is 0. The fraction of sp³-hybridized carbons (Fsp3) is 0.667. The number of nitrogens with zero attached hydrogens (tertiary/aromatic N) is 3. The third-order valence-corrected chi connectivity index (χ3v) is 3.84. The van der Waals surface area contributed by atoms with Crippen molar-refractivity contribution in [3.05, 3.63) is 23.3 Å². The van der Waals surface area contributed by atoms with Crippen LogP contribution in [0.4, 0.5) is 0 Å². The molecule has 0 unspecified atom stereocenters. The molecule has 1 aromatic rings. The van der Waals surface area contributed by atoms with Crippen molar-refractivity contribution in [2.75, 3.05) is 6.54 Å². The van der Waals surface area contributed by atoms with Crippen molar-refractivity contribution in [1.29, 1.82) is 0 Å². The molecule has 0 saturated carbocycles. The number of nitrogens with two attached hydrogens (primary N) is 1. The van der Waals surface area contributed by atoms with Crippen LogP contribution in [-0.2, 0) is 11.2 Å². The van der Waals surface area contributed by atoms with E-state index in [2.05, 4.69) is 28.7 Å². The Kier molecular flexibility index (Phi) is 4.70. The second kappa shape index (κ2) is 6.31. The van der Waals surface area contributed by atoms with Crippen molar-refractivity contribution >= 4 is 5.91 Å². The molecule has 20 heavy (non-hydrogen) atoms. The topological polar surface area (TPSA) is 72.1 Å². The number of hydrogen-bond donors (Lipinski definition) is 1. The van der Waals surface area contributed by atoms with E-state index in [0.29, 0.717) is 24.9 Å². The fourth-order valence-electron chi connectivity index (χ4n) is 2.93.